The van der Waals surface area contributed by atoms with E-state index in [9.17, 15) is 4.79 Å². The Morgan fingerprint density at radius 1 is 1.53 bits per heavy atom. The minimum atomic E-state index is -0.929. The van der Waals surface area contributed by atoms with Gasteiger partial charge in [-0.25, -0.2) is 4.79 Å². The fourth-order valence-electron chi connectivity index (χ4n) is 1.22. The van der Waals surface area contributed by atoms with E-state index in [-0.39, 0.29) is 5.56 Å². The maximum Gasteiger partial charge on any atom is 0.337 e. The largest absolute Gasteiger partial charge is 0.478 e. The molecule has 2 N–H and O–H groups in total. The lowest BCUT2D eigenvalue weighted by molar-refractivity contribution is 0.0698. The van der Waals surface area contributed by atoms with Crippen LogP contribution in [0.1, 0.15) is 22.8 Å². The average molecular weight is 203 g/mol. The summed E-state index contributed by atoms with van der Waals surface area (Å²) in [5.74, 6) is 4.64. The van der Waals surface area contributed by atoms with Gasteiger partial charge in [-0.1, -0.05) is 12.0 Å². The maximum atomic E-state index is 10.9. The quantitative estimate of drug-likeness (QED) is 0.740. The van der Waals surface area contributed by atoms with Crippen molar-refractivity contribution < 1.29 is 9.90 Å². The summed E-state index contributed by atoms with van der Waals surface area (Å²) in [5.41, 5.74) is 1.91. The molecule has 0 aromatic heterocycles. The Kier molecular flexibility index (Phi) is 3.75. The molecule has 0 aliphatic heterocycles. The van der Waals surface area contributed by atoms with E-state index in [1.165, 1.54) is 0 Å². The van der Waals surface area contributed by atoms with Gasteiger partial charge in [0.2, 0.25) is 0 Å². The van der Waals surface area contributed by atoms with E-state index in [0.717, 1.165) is 5.56 Å². The Morgan fingerprint density at radius 2 is 2.27 bits per heavy atom. The van der Waals surface area contributed by atoms with E-state index in [4.69, 9.17) is 5.11 Å². The number of aryl methyl sites for hydroxylation is 1. The molecule has 3 heteroatoms. The first kappa shape index (κ1) is 11.1. The second-order valence-electron chi connectivity index (χ2n) is 3.13. The van der Waals surface area contributed by atoms with Crippen LogP contribution in [0, 0.1) is 18.8 Å². The third-order valence-corrected chi connectivity index (χ3v) is 1.95. The van der Waals surface area contributed by atoms with Gasteiger partial charge in [0, 0.05) is 5.69 Å². The van der Waals surface area contributed by atoms with Gasteiger partial charge in [0.1, 0.15) is 0 Å². The number of aromatic carboxylic acids is 1. The van der Waals surface area contributed by atoms with Crippen molar-refractivity contribution in [1.29, 1.82) is 0 Å². The molecule has 0 spiro atoms. The standard InChI is InChI=1S/C12H13NO2/c1-3-4-7-13-11-8-9(2)5-6-10(11)12(14)15/h5-6,8,13H,7H2,1-2H3,(H,14,15). The predicted molar refractivity (Wildman–Crippen MR) is 60.1 cm³/mol. The summed E-state index contributed by atoms with van der Waals surface area (Å²) in [4.78, 5) is 10.9. The van der Waals surface area contributed by atoms with Crippen LogP contribution in [0.4, 0.5) is 5.69 Å². The molecule has 0 bridgehead atoms. The molecule has 78 valence electrons. The van der Waals surface area contributed by atoms with E-state index in [0.29, 0.717) is 12.2 Å². The number of rotatable bonds is 3. The second-order valence-corrected chi connectivity index (χ2v) is 3.13. The summed E-state index contributed by atoms with van der Waals surface area (Å²) in [7, 11) is 0. The van der Waals surface area contributed by atoms with Gasteiger partial charge in [-0.15, -0.1) is 5.92 Å². The van der Waals surface area contributed by atoms with Crippen molar-refractivity contribution in [2.75, 3.05) is 11.9 Å². The van der Waals surface area contributed by atoms with Crippen LogP contribution >= 0.6 is 0 Å². The number of carboxylic acid groups (broad SMARTS) is 1. The van der Waals surface area contributed by atoms with Gasteiger partial charge in [0.25, 0.3) is 0 Å². The second kappa shape index (κ2) is 5.06. The van der Waals surface area contributed by atoms with E-state index in [1.807, 2.05) is 6.92 Å². The van der Waals surface area contributed by atoms with Crippen LogP contribution in [-0.4, -0.2) is 17.6 Å². The summed E-state index contributed by atoms with van der Waals surface area (Å²) in [6.07, 6.45) is 0. The first-order chi connectivity index (χ1) is 7.15. The number of hydrogen-bond donors (Lipinski definition) is 2. The number of carbonyl (C=O) groups is 1. The maximum absolute atomic E-state index is 10.9. The third kappa shape index (κ3) is 3.03. The SMILES string of the molecule is CC#CCNc1cc(C)ccc1C(=O)O. The Balaban J connectivity index is 2.95. The van der Waals surface area contributed by atoms with Crippen molar-refractivity contribution in [2.45, 2.75) is 13.8 Å². The third-order valence-electron chi connectivity index (χ3n) is 1.95. The number of carboxylic acids is 1. The summed E-state index contributed by atoms with van der Waals surface area (Å²) in [6.45, 7) is 4.12. The number of nitrogens with one attached hydrogen (secondary N) is 1. The van der Waals surface area contributed by atoms with Crippen molar-refractivity contribution >= 4 is 11.7 Å². The Bertz CT molecular complexity index is 427. The molecule has 1 aromatic carbocycles. The van der Waals surface area contributed by atoms with Crippen LogP contribution in [0.2, 0.25) is 0 Å². The van der Waals surface area contributed by atoms with Crippen molar-refractivity contribution in [3.63, 3.8) is 0 Å². The summed E-state index contributed by atoms with van der Waals surface area (Å²) in [6, 6.07) is 5.18. The van der Waals surface area contributed by atoms with Crippen molar-refractivity contribution in [1.82, 2.24) is 0 Å². The molecule has 15 heavy (non-hydrogen) atoms. The molecule has 0 amide bonds. The van der Waals surface area contributed by atoms with Gasteiger partial charge in [-0.2, -0.15) is 0 Å². The minimum Gasteiger partial charge on any atom is -0.478 e. The highest BCUT2D eigenvalue weighted by Gasteiger charge is 2.08. The molecule has 1 rings (SSSR count). The molecule has 1 aromatic rings. The zero-order chi connectivity index (χ0) is 11.3. The first-order valence-corrected chi connectivity index (χ1v) is 4.62. The van der Waals surface area contributed by atoms with Gasteiger partial charge in [-0.3, -0.25) is 0 Å². The van der Waals surface area contributed by atoms with Gasteiger partial charge >= 0.3 is 5.97 Å². The molecular formula is C12H13NO2. The lowest BCUT2D eigenvalue weighted by Gasteiger charge is -2.07. The number of benzene rings is 1. The van der Waals surface area contributed by atoms with Crippen LogP contribution in [-0.2, 0) is 0 Å². The van der Waals surface area contributed by atoms with Crippen LogP contribution < -0.4 is 5.32 Å². The van der Waals surface area contributed by atoms with Crippen molar-refractivity contribution in [3.8, 4) is 11.8 Å². The number of anilines is 1. The fraction of sp³-hybridized carbons (Fsp3) is 0.250. The normalized spacial score (nSPS) is 8.93. The Hall–Kier alpha value is -1.95. The lowest BCUT2D eigenvalue weighted by atomic mass is 10.1. The summed E-state index contributed by atoms with van der Waals surface area (Å²) >= 11 is 0. The molecule has 0 saturated carbocycles. The highest BCUT2D eigenvalue weighted by Crippen LogP contribution is 2.17. The number of hydrogen-bond acceptors (Lipinski definition) is 2. The van der Waals surface area contributed by atoms with Crippen molar-refractivity contribution in [2.24, 2.45) is 0 Å². The van der Waals surface area contributed by atoms with Gasteiger partial charge in [0.15, 0.2) is 0 Å². The molecule has 0 heterocycles. The predicted octanol–water partition coefficient (Wildman–Crippen LogP) is 2.13. The van der Waals surface area contributed by atoms with E-state index in [1.54, 1.807) is 25.1 Å². The smallest absolute Gasteiger partial charge is 0.337 e. The average Bonchev–Trinajstić information content (AvgIpc) is 2.18. The lowest BCUT2D eigenvalue weighted by Crippen LogP contribution is -2.06. The van der Waals surface area contributed by atoms with Gasteiger partial charge in [0.05, 0.1) is 12.1 Å². The zero-order valence-corrected chi connectivity index (χ0v) is 8.79. The van der Waals surface area contributed by atoms with Crippen LogP contribution in [0.5, 0.6) is 0 Å². The minimum absolute atomic E-state index is 0.276. The summed E-state index contributed by atoms with van der Waals surface area (Å²) < 4.78 is 0. The van der Waals surface area contributed by atoms with Crippen LogP contribution in [0.3, 0.4) is 0 Å². The monoisotopic (exact) mass is 203 g/mol. The van der Waals surface area contributed by atoms with E-state index < -0.39 is 5.97 Å². The Labute approximate surface area is 89.1 Å². The molecule has 0 aliphatic rings. The molecule has 3 nitrogen and oxygen atoms in total. The molecule has 0 unspecified atom stereocenters. The van der Waals surface area contributed by atoms with Gasteiger partial charge in [-0.05, 0) is 31.5 Å². The highest BCUT2D eigenvalue weighted by molar-refractivity contribution is 5.94. The molecule has 0 fully saturated rings. The zero-order valence-electron chi connectivity index (χ0n) is 8.79. The molecule has 0 aliphatic carbocycles. The van der Waals surface area contributed by atoms with Crippen LogP contribution in [0.15, 0.2) is 18.2 Å². The summed E-state index contributed by atoms with van der Waals surface area (Å²) in [5, 5.41) is 11.9. The Morgan fingerprint density at radius 3 is 2.87 bits per heavy atom. The molecule has 0 radical (unpaired) electrons. The first-order valence-electron chi connectivity index (χ1n) is 4.62. The van der Waals surface area contributed by atoms with E-state index in [2.05, 4.69) is 17.2 Å². The highest BCUT2D eigenvalue weighted by atomic mass is 16.4. The van der Waals surface area contributed by atoms with Gasteiger partial charge < -0.3 is 10.4 Å². The fourth-order valence-corrected chi connectivity index (χ4v) is 1.22. The molecule has 0 saturated heterocycles. The van der Waals surface area contributed by atoms with E-state index >= 15 is 0 Å². The topological polar surface area (TPSA) is 49.3 Å². The van der Waals surface area contributed by atoms with Crippen LogP contribution in [0.25, 0.3) is 0 Å². The van der Waals surface area contributed by atoms with Crippen molar-refractivity contribution in [3.05, 3.63) is 29.3 Å². The molecular weight excluding hydrogens is 190 g/mol. The molecule has 0 atom stereocenters.